The molecule has 6 rings (SSSR count). The summed E-state index contributed by atoms with van der Waals surface area (Å²) in [6.07, 6.45) is 3.73. The Balaban J connectivity index is 1.33. The molecule has 4 bridgehead atoms. The molecule has 31 heavy (non-hydrogen) atoms. The van der Waals surface area contributed by atoms with E-state index >= 15 is 0 Å². The van der Waals surface area contributed by atoms with Crippen LogP contribution in [0.25, 0.3) is 10.8 Å². The molecule has 0 amide bonds. The van der Waals surface area contributed by atoms with E-state index in [9.17, 15) is 18.4 Å². The molecular formula is C25H26F2O4. The molecule has 0 heterocycles. The molecule has 0 spiro atoms. The SMILES string of the molecule is CC(F)(F)C(=O)OC12CC3CC(C1)CC(C(=O)OCc1ccc4ccccc4c1)(C3)C2. The monoisotopic (exact) mass is 428 g/mol. The highest BCUT2D eigenvalue weighted by atomic mass is 19.3. The largest absolute Gasteiger partial charge is 0.460 e. The van der Waals surface area contributed by atoms with Gasteiger partial charge in [0.1, 0.15) is 12.2 Å². The zero-order valence-electron chi connectivity index (χ0n) is 17.5. The molecule has 164 valence electrons. The number of halogens is 2. The third-order valence-corrected chi connectivity index (χ3v) is 7.29. The van der Waals surface area contributed by atoms with Crippen LogP contribution < -0.4 is 0 Å². The number of carbonyl (C=O) groups is 2. The van der Waals surface area contributed by atoms with Crippen LogP contribution in [0, 0.1) is 17.3 Å². The van der Waals surface area contributed by atoms with Gasteiger partial charge in [-0.2, -0.15) is 8.78 Å². The summed E-state index contributed by atoms with van der Waals surface area (Å²) in [5, 5.41) is 2.20. The minimum atomic E-state index is -3.53. The fourth-order valence-electron chi connectivity index (χ4n) is 6.45. The predicted octanol–water partition coefficient (Wildman–Crippen LogP) is 5.42. The van der Waals surface area contributed by atoms with E-state index in [2.05, 4.69) is 0 Å². The summed E-state index contributed by atoms with van der Waals surface area (Å²) in [6.45, 7) is 0.726. The fraction of sp³-hybridized carbons (Fsp3) is 0.520. The number of hydrogen-bond donors (Lipinski definition) is 0. The van der Waals surface area contributed by atoms with Gasteiger partial charge in [0.25, 0.3) is 0 Å². The second-order valence-electron chi connectivity index (χ2n) is 9.96. The second kappa shape index (κ2) is 7.01. The van der Waals surface area contributed by atoms with Crippen LogP contribution >= 0.6 is 0 Å². The van der Waals surface area contributed by atoms with E-state index in [1.165, 1.54) is 0 Å². The Hall–Kier alpha value is -2.50. The summed E-state index contributed by atoms with van der Waals surface area (Å²) in [5.41, 5.74) is -0.809. The summed E-state index contributed by atoms with van der Waals surface area (Å²) < 4.78 is 38.2. The summed E-state index contributed by atoms with van der Waals surface area (Å²) in [6, 6.07) is 13.9. The average molecular weight is 428 g/mol. The van der Waals surface area contributed by atoms with Gasteiger partial charge in [-0.05, 0) is 66.3 Å². The lowest BCUT2D eigenvalue weighted by Crippen LogP contribution is -2.60. The van der Waals surface area contributed by atoms with E-state index in [1.807, 2.05) is 42.5 Å². The van der Waals surface area contributed by atoms with Crippen LogP contribution in [0.4, 0.5) is 8.78 Å². The maximum Gasteiger partial charge on any atom is 0.377 e. The van der Waals surface area contributed by atoms with E-state index in [0.29, 0.717) is 32.6 Å². The molecule has 0 saturated heterocycles. The first-order valence-corrected chi connectivity index (χ1v) is 10.9. The first-order chi connectivity index (χ1) is 14.7. The van der Waals surface area contributed by atoms with Crippen molar-refractivity contribution in [2.45, 2.75) is 63.6 Å². The molecule has 2 atom stereocenters. The normalized spacial score (nSPS) is 31.6. The van der Waals surface area contributed by atoms with Gasteiger partial charge in [-0.15, -0.1) is 0 Å². The molecule has 2 aromatic carbocycles. The Kier molecular flexibility index (Phi) is 4.61. The van der Waals surface area contributed by atoms with Crippen molar-refractivity contribution >= 4 is 22.7 Å². The standard InChI is InChI=1S/C25H26F2O4/c1-23(26,27)21(28)31-25-12-17-8-18(13-25)11-24(10-17,15-25)22(29)30-14-16-6-7-19-4-2-3-5-20(19)9-16/h2-7,9,17-18H,8,10-15H2,1H3. The number of ether oxygens (including phenoxy) is 2. The smallest absolute Gasteiger partial charge is 0.377 e. The number of hydrogen-bond acceptors (Lipinski definition) is 4. The maximum atomic E-state index is 13.5. The van der Waals surface area contributed by atoms with Gasteiger partial charge in [0.2, 0.25) is 0 Å². The summed E-state index contributed by atoms with van der Waals surface area (Å²) in [7, 11) is 0. The van der Waals surface area contributed by atoms with E-state index in [0.717, 1.165) is 22.8 Å². The topological polar surface area (TPSA) is 52.6 Å². The lowest BCUT2D eigenvalue weighted by molar-refractivity contribution is -0.225. The Morgan fingerprint density at radius 2 is 1.71 bits per heavy atom. The van der Waals surface area contributed by atoms with Gasteiger partial charge in [0, 0.05) is 13.3 Å². The van der Waals surface area contributed by atoms with Crippen LogP contribution in [-0.4, -0.2) is 23.5 Å². The molecule has 4 aliphatic carbocycles. The Bertz CT molecular complexity index is 1030. The van der Waals surface area contributed by atoms with Crippen molar-refractivity contribution in [1.29, 1.82) is 0 Å². The minimum Gasteiger partial charge on any atom is -0.460 e. The van der Waals surface area contributed by atoms with Crippen molar-refractivity contribution in [3.8, 4) is 0 Å². The first-order valence-electron chi connectivity index (χ1n) is 10.9. The van der Waals surface area contributed by atoms with Crippen molar-refractivity contribution < 1.29 is 27.8 Å². The van der Waals surface area contributed by atoms with Crippen LogP contribution in [0.2, 0.25) is 0 Å². The Labute approximate surface area is 179 Å². The fourth-order valence-corrected chi connectivity index (χ4v) is 6.45. The highest BCUT2D eigenvalue weighted by Gasteiger charge is 2.63. The number of esters is 2. The number of rotatable bonds is 5. The minimum absolute atomic E-state index is 0.167. The predicted molar refractivity (Wildman–Crippen MR) is 110 cm³/mol. The van der Waals surface area contributed by atoms with Crippen LogP contribution in [0.1, 0.15) is 51.0 Å². The van der Waals surface area contributed by atoms with E-state index in [-0.39, 0.29) is 30.8 Å². The van der Waals surface area contributed by atoms with E-state index < -0.39 is 22.9 Å². The third-order valence-electron chi connectivity index (χ3n) is 7.29. The zero-order chi connectivity index (χ0) is 21.9. The van der Waals surface area contributed by atoms with Crippen molar-refractivity contribution in [2.75, 3.05) is 0 Å². The molecule has 0 N–H and O–H groups in total. The molecule has 0 aliphatic heterocycles. The van der Waals surface area contributed by atoms with E-state index in [1.54, 1.807) is 0 Å². The summed E-state index contributed by atoms with van der Waals surface area (Å²) >= 11 is 0. The molecule has 0 aromatic heterocycles. The molecule has 0 radical (unpaired) electrons. The van der Waals surface area contributed by atoms with Crippen molar-refractivity contribution in [3.63, 3.8) is 0 Å². The van der Waals surface area contributed by atoms with Crippen LogP contribution in [0.5, 0.6) is 0 Å². The zero-order valence-corrected chi connectivity index (χ0v) is 17.5. The van der Waals surface area contributed by atoms with Crippen molar-refractivity contribution in [1.82, 2.24) is 0 Å². The quantitative estimate of drug-likeness (QED) is 0.597. The summed E-state index contributed by atoms with van der Waals surface area (Å²) in [5.74, 6) is -4.92. The maximum absolute atomic E-state index is 13.5. The molecular weight excluding hydrogens is 402 g/mol. The molecule has 4 fully saturated rings. The molecule has 4 aliphatic rings. The van der Waals surface area contributed by atoms with Gasteiger partial charge in [0.05, 0.1) is 5.41 Å². The lowest BCUT2D eigenvalue weighted by Gasteiger charge is -2.59. The molecule has 6 heteroatoms. The van der Waals surface area contributed by atoms with E-state index in [4.69, 9.17) is 9.47 Å². The Morgan fingerprint density at radius 3 is 2.39 bits per heavy atom. The van der Waals surface area contributed by atoms with Gasteiger partial charge in [-0.25, -0.2) is 4.79 Å². The first kappa shape index (κ1) is 20.4. The number of carbonyl (C=O) groups excluding carboxylic acids is 2. The van der Waals surface area contributed by atoms with Gasteiger partial charge in [0.15, 0.2) is 0 Å². The van der Waals surface area contributed by atoms with Crippen LogP contribution in [0.15, 0.2) is 42.5 Å². The summed E-state index contributed by atoms with van der Waals surface area (Å²) in [4.78, 5) is 25.2. The Morgan fingerprint density at radius 1 is 1.03 bits per heavy atom. The van der Waals surface area contributed by atoms with Crippen LogP contribution in [-0.2, 0) is 25.7 Å². The molecule has 2 aromatic rings. The van der Waals surface area contributed by atoms with Gasteiger partial charge < -0.3 is 9.47 Å². The van der Waals surface area contributed by atoms with Crippen LogP contribution in [0.3, 0.4) is 0 Å². The second-order valence-corrected chi connectivity index (χ2v) is 9.96. The highest BCUT2D eigenvalue weighted by Crippen LogP contribution is 2.63. The number of alkyl halides is 2. The van der Waals surface area contributed by atoms with Gasteiger partial charge in [-0.1, -0.05) is 36.4 Å². The highest BCUT2D eigenvalue weighted by molar-refractivity contribution is 5.83. The van der Waals surface area contributed by atoms with Gasteiger partial charge >= 0.3 is 17.9 Å². The lowest BCUT2D eigenvalue weighted by atomic mass is 9.48. The van der Waals surface area contributed by atoms with Crippen molar-refractivity contribution in [3.05, 3.63) is 48.0 Å². The number of fused-ring (bicyclic) bond motifs is 1. The third kappa shape index (κ3) is 3.70. The molecule has 4 saturated carbocycles. The molecule has 4 nitrogen and oxygen atoms in total. The van der Waals surface area contributed by atoms with Crippen molar-refractivity contribution in [2.24, 2.45) is 17.3 Å². The van der Waals surface area contributed by atoms with Gasteiger partial charge in [-0.3, -0.25) is 4.79 Å². The molecule has 2 unspecified atom stereocenters. The number of benzene rings is 2. The average Bonchev–Trinajstić information content (AvgIpc) is 2.69.